The summed E-state index contributed by atoms with van der Waals surface area (Å²) in [5, 5.41) is 12.9. The van der Waals surface area contributed by atoms with Gasteiger partial charge in [0.25, 0.3) is 5.91 Å². The highest BCUT2D eigenvalue weighted by Gasteiger charge is 2.11. The fourth-order valence-corrected chi connectivity index (χ4v) is 1.06. The number of nitrogens with zero attached hydrogens (tertiary/aromatic N) is 2. The van der Waals surface area contributed by atoms with Crippen LogP contribution >= 0.6 is 0 Å². The molecular formula is C8H14N4O2. The minimum absolute atomic E-state index is 0.0793. The Labute approximate surface area is 81.5 Å². The fraction of sp³-hybridized carbons (Fsp3) is 0.500. The third-order valence-electron chi connectivity index (χ3n) is 1.80. The van der Waals surface area contributed by atoms with Crippen LogP contribution in [0, 0.1) is 0 Å². The second-order valence-electron chi connectivity index (χ2n) is 3.20. The number of rotatable bonds is 4. The summed E-state index contributed by atoms with van der Waals surface area (Å²) >= 11 is 0. The van der Waals surface area contributed by atoms with Crippen molar-refractivity contribution in [1.82, 2.24) is 9.78 Å². The number of aryl methyl sites for hydroxylation is 1. The first-order chi connectivity index (χ1) is 6.50. The number of nitrogens with two attached hydrogens (primary N) is 2. The van der Waals surface area contributed by atoms with Crippen molar-refractivity contribution >= 4 is 11.6 Å². The predicted octanol–water partition coefficient (Wildman–Crippen LogP) is -0.665. The first-order valence-corrected chi connectivity index (χ1v) is 4.31. The quantitative estimate of drug-likeness (QED) is 0.596. The highest BCUT2D eigenvalue weighted by Crippen LogP contribution is 2.08. The Bertz CT molecular complexity index is 332. The molecule has 0 bridgehead atoms. The lowest BCUT2D eigenvalue weighted by molar-refractivity contribution is 0.0995. The number of nitrogen functional groups attached to an aromatic ring is 1. The molecule has 0 saturated carbocycles. The molecule has 1 aromatic heterocycles. The molecule has 1 rings (SSSR count). The summed E-state index contributed by atoms with van der Waals surface area (Å²) in [5.41, 5.74) is 10.9. The van der Waals surface area contributed by atoms with E-state index >= 15 is 0 Å². The van der Waals surface area contributed by atoms with Gasteiger partial charge in [-0.05, 0) is 13.3 Å². The number of amides is 1. The van der Waals surface area contributed by atoms with Gasteiger partial charge in [0, 0.05) is 12.7 Å². The summed E-state index contributed by atoms with van der Waals surface area (Å²) in [6, 6.07) is 0. The van der Waals surface area contributed by atoms with Gasteiger partial charge < -0.3 is 16.6 Å². The monoisotopic (exact) mass is 198 g/mol. The van der Waals surface area contributed by atoms with Crippen molar-refractivity contribution in [2.75, 3.05) is 5.73 Å². The van der Waals surface area contributed by atoms with Gasteiger partial charge in [-0.2, -0.15) is 5.10 Å². The van der Waals surface area contributed by atoms with Gasteiger partial charge in [0.2, 0.25) is 0 Å². The molecule has 0 saturated heterocycles. The van der Waals surface area contributed by atoms with Crippen LogP contribution in [0.4, 0.5) is 5.69 Å². The van der Waals surface area contributed by atoms with Crippen LogP contribution in [0.25, 0.3) is 0 Å². The largest absolute Gasteiger partial charge is 0.396 e. The predicted molar refractivity (Wildman–Crippen MR) is 51.5 cm³/mol. The van der Waals surface area contributed by atoms with E-state index in [1.54, 1.807) is 6.92 Å². The molecule has 1 aromatic rings. The average molecular weight is 198 g/mol. The maximum Gasteiger partial charge on any atom is 0.271 e. The number of primary amides is 1. The van der Waals surface area contributed by atoms with Gasteiger partial charge in [-0.1, -0.05) is 0 Å². The van der Waals surface area contributed by atoms with Crippen molar-refractivity contribution in [3.63, 3.8) is 0 Å². The smallest absolute Gasteiger partial charge is 0.271 e. The molecule has 1 atom stereocenters. The average Bonchev–Trinajstić information content (AvgIpc) is 2.43. The molecule has 1 amide bonds. The van der Waals surface area contributed by atoms with E-state index in [0.717, 1.165) is 0 Å². The van der Waals surface area contributed by atoms with Gasteiger partial charge in [-0.25, -0.2) is 0 Å². The van der Waals surface area contributed by atoms with Crippen LogP contribution in [-0.4, -0.2) is 26.9 Å². The van der Waals surface area contributed by atoms with E-state index in [2.05, 4.69) is 5.10 Å². The molecule has 1 heterocycles. The zero-order chi connectivity index (χ0) is 10.7. The summed E-state index contributed by atoms with van der Waals surface area (Å²) < 4.78 is 1.50. The Balaban J connectivity index is 2.71. The minimum atomic E-state index is -0.640. The summed E-state index contributed by atoms with van der Waals surface area (Å²) in [6.45, 7) is 2.19. The van der Waals surface area contributed by atoms with Crippen LogP contribution < -0.4 is 11.5 Å². The summed E-state index contributed by atoms with van der Waals surface area (Å²) in [6.07, 6.45) is 1.68. The van der Waals surface area contributed by atoms with Gasteiger partial charge in [0.15, 0.2) is 5.69 Å². The van der Waals surface area contributed by atoms with Crippen LogP contribution in [0.2, 0.25) is 0 Å². The molecule has 78 valence electrons. The molecular weight excluding hydrogens is 184 g/mol. The highest BCUT2D eigenvalue weighted by molar-refractivity contribution is 5.95. The third-order valence-corrected chi connectivity index (χ3v) is 1.80. The number of carbonyl (C=O) groups is 1. The molecule has 0 spiro atoms. The second-order valence-corrected chi connectivity index (χ2v) is 3.20. The zero-order valence-electron chi connectivity index (χ0n) is 7.97. The van der Waals surface area contributed by atoms with Gasteiger partial charge in [0.05, 0.1) is 11.8 Å². The Morgan fingerprint density at radius 1 is 1.79 bits per heavy atom. The topological polar surface area (TPSA) is 107 Å². The first-order valence-electron chi connectivity index (χ1n) is 4.31. The molecule has 0 aliphatic carbocycles. The molecule has 6 heteroatoms. The van der Waals surface area contributed by atoms with E-state index in [9.17, 15) is 4.79 Å². The van der Waals surface area contributed by atoms with Gasteiger partial charge in [-0.3, -0.25) is 9.48 Å². The van der Waals surface area contributed by atoms with E-state index in [1.165, 1.54) is 10.9 Å². The Morgan fingerprint density at radius 2 is 2.43 bits per heavy atom. The molecule has 0 radical (unpaired) electrons. The Hall–Kier alpha value is -1.56. The molecule has 0 aliphatic rings. The minimum Gasteiger partial charge on any atom is -0.396 e. The van der Waals surface area contributed by atoms with E-state index < -0.39 is 12.0 Å². The molecule has 14 heavy (non-hydrogen) atoms. The number of anilines is 1. The van der Waals surface area contributed by atoms with Gasteiger partial charge in [-0.15, -0.1) is 0 Å². The van der Waals surface area contributed by atoms with Gasteiger partial charge in [0.1, 0.15) is 0 Å². The number of carbonyl (C=O) groups excluding carboxylic acids is 1. The number of aliphatic hydroxyl groups excluding tert-OH is 1. The van der Waals surface area contributed by atoms with Gasteiger partial charge >= 0.3 is 0 Å². The SMILES string of the molecule is CC(O)CCn1cc(N)c(C(N)=O)n1. The Morgan fingerprint density at radius 3 is 2.86 bits per heavy atom. The van der Waals surface area contributed by atoms with E-state index in [1.807, 2.05) is 0 Å². The molecule has 5 N–H and O–H groups in total. The number of hydrogen-bond donors (Lipinski definition) is 3. The normalized spacial score (nSPS) is 12.7. The third kappa shape index (κ3) is 2.46. The molecule has 0 fully saturated rings. The molecule has 1 unspecified atom stereocenters. The molecule has 0 aliphatic heterocycles. The van der Waals surface area contributed by atoms with Crippen LogP contribution in [-0.2, 0) is 6.54 Å². The van der Waals surface area contributed by atoms with Crippen molar-refractivity contribution < 1.29 is 9.90 Å². The first kappa shape index (κ1) is 10.5. The second kappa shape index (κ2) is 4.10. The van der Waals surface area contributed by atoms with Crippen LogP contribution in [0.3, 0.4) is 0 Å². The number of aromatic nitrogens is 2. The summed E-state index contributed by atoms with van der Waals surface area (Å²) in [4.78, 5) is 10.8. The maximum absolute atomic E-state index is 10.8. The van der Waals surface area contributed by atoms with E-state index in [4.69, 9.17) is 16.6 Å². The van der Waals surface area contributed by atoms with Crippen molar-refractivity contribution in [3.05, 3.63) is 11.9 Å². The lowest BCUT2D eigenvalue weighted by Crippen LogP contribution is -2.14. The van der Waals surface area contributed by atoms with Crippen molar-refractivity contribution in [2.45, 2.75) is 26.0 Å². The zero-order valence-corrected chi connectivity index (χ0v) is 7.97. The maximum atomic E-state index is 10.8. The Kier molecular flexibility index (Phi) is 3.08. The number of hydrogen-bond acceptors (Lipinski definition) is 4. The standard InChI is InChI=1S/C8H14N4O2/c1-5(13)2-3-12-4-6(9)7(11-12)8(10)14/h4-5,13H,2-3,9H2,1H3,(H2,10,14). The number of aliphatic hydroxyl groups is 1. The molecule has 0 aromatic carbocycles. The summed E-state index contributed by atoms with van der Waals surface area (Å²) in [5.74, 6) is -0.640. The van der Waals surface area contributed by atoms with Crippen LogP contribution in [0.5, 0.6) is 0 Å². The molecule has 6 nitrogen and oxygen atoms in total. The summed E-state index contributed by atoms with van der Waals surface area (Å²) in [7, 11) is 0. The fourth-order valence-electron chi connectivity index (χ4n) is 1.06. The highest BCUT2D eigenvalue weighted by atomic mass is 16.3. The van der Waals surface area contributed by atoms with E-state index in [-0.39, 0.29) is 11.4 Å². The lowest BCUT2D eigenvalue weighted by atomic mass is 10.3. The van der Waals surface area contributed by atoms with Crippen molar-refractivity contribution in [1.29, 1.82) is 0 Å². The van der Waals surface area contributed by atoms with E-state index in [0.29, 0.717) is 13.0 Å². The lowest BCUT2D eigenvalue weighted by Gasteiger charge is -2.02. The van der Waals surface area contributed by atoms with Crippen molar-refractivity contribution in [3.8, 4) is 0 Å². The van der Waals surface area contributed by atoms with Crippen molar-refractivity contribution in [2.24, 2.45) is 5.73 Å². The van der Waals surface area contributed by atoms with Crippen LogP contribution in [0.15, 0.2) is 6.20 Å². The van der Waals surface area contributed by atoms with Crippen LogP contribution in [0.1, 0.15) is 23.8 Å².